The third-order valence-corrected chi connectivity index (χ3v) is 7.00. The van der Waals surface area contributed by atoms with Crippen molar-refractivity contribution in [2.45, 2.75) is 23.7 Å². The van der Waals surface area contributed by atoms with Gasteiger partial charge in [-0.1, -0.05) is 6.07 Å². The number of benzene rings is 2. The molecule has 0 radical (unpaired) electrons. The number of nitrogens with one attached hydrogen (secondary N) is 1. The molecule has 1 aliphatic carbocycles. The molecule has 1 atom stereocenters. The molecular formula is C20H18FNO5S. The zero-order valence-electron chi connectivity index (χ0n) is 15.3. The molecule has 0 amide bonds. The van der Waals surface area contributed by atoms with E-state index in [4.69, 9.17) is 9.47 Å². The summed E-state index contributed by atoms with van der Waals surface area (Å²) in [4.78, 5) is 12.3. The summed E-state index contributed by atoms with van der Waals surface area (Å²) in [6, 6.07) is 8.88. The molecule has 146 valence electrons. The lowest BCUT2D eigenvalue weighted by Gasteiger charge is -2.31. The van der Waals surface area contributed by atoms with Gasteiger partial charge in [0.1, 0.15) is 10.7 Å². The number of sulfone groups is 1. The monoisotopic (exact) mass is 403 g/mol. The predicted octanol–water partition coefficient (Wildman–Crippen LogP) is 3.40. The zero-order valence-corrected chi connectivity index (χ0v) is 16.1. The maximum Gasteiger partial charge on any atom is 0.213 e. The topological polar surface area (TPSA) is 81.7 Å². The Balaban J connectivity index is 1.75. The van der Waals surface area contributed by atoms with Gasteiger partial charge in [-0.2, -0.15) is 0 Å². The smallest absolute Gasteiger partial charge is 0.213 e. The summed E-state index contributed by atoms with van der Waals surface area (Å²) in [5.74, 6) is -0.251. The normalized spacial score (nSPS) is 20.1. The quantitative estimate of drug-likeness (QED) is 0.846. The summed E-state index contributed by atoms with van der Waals surface area (Å²) in [5, 5.41) is 3.02. The number of carbonyl (C=O) groups is 1. The zero-order chi connectivity index (χ0) is 20.1. The van der Waals surface area contributed by atoms with Gasteiger partial charge in [0, 0.05) is 12.1 Å². The van der Waals surface area contributed by atoms with Gasteiger partial charge in [-0.05, 0) is 48.2 Å². The summed E-state index contributed by atoms with van der Waals surface area (Å²) in [6.45, 7) is 0. The van der Waals surface area contributed by atoms with Gasteiger partial charge in [0.25, 0.3) is 0 Å². The van der Waals surface area contributed by atoms with Crippen molar-refractivity contribution in [3.05, 3.63) is 58.4 Å². The molecule has 4 rings (SSSR count). The van der Waals surface area contributed by atoms with E-state index in [-0.39, 0.29) is 27.8 Å². The minimum atomic E-state index is -4.06. The maximum absolute atomic E-state index is 13.6. The van der Waals surface area contributed by atoms with E-state index in [1.165, 1.54) is 26.4 Å². The number of fused-ring (bicyclic) bond motifs is 1. The highest BCUT2D eigenvalue weighted by Gasteiger charge is 2.41. The third-order valence-electron chi connectivity index (χ3n) is 5.08. The lowest BCUT2D eigenvalue weighted by atomic mass is 9.85. The van der Waals surface area contributed by atoms with Crippen molar-refractivity contribution >= 4 is 21.3 Å². The lowest BCUT2D eigenvalue weighted by Crippen LogP contribution is -2.30. The van der Waals surface area contributed by atoms with Gasteiger partial charge in [0.05, 0.1) is 24.8 Å². The molecule has 0 spiro atoms. The van der Waals surface area contributed by atoms with E-state index in [1.54, 1.807) is 12.1 Å². The first-order chi connectivity index (χ1) is 13.3. The third kappa shape index (κ3) is 2.84. The van der Waals surface area contributed by atoms with Gasteiger partial charge < -0.3 is 14.8 Å². The van der Waals surface area contributed by atoms with Crippen LogP contribution in [0.2, 0.25) is 0 Å². The fourth-order valence-corrected chi connectivity index (χ4v) is 5.49. The number of rotatable bonds is 3. The van der Waals surface area contributed by atoms with Crippen LogP contribution in [0.15, 0.2) is 51.9 Å². The van der Waals surface area contributed by atoms with E-state index in [0.717, 1.165) is 11.6 Å². The van der Waals surface area contributed by atoms with Crippen LogP contribution in [0.3, 0.4) is 0 Å². The molecule has 0 saturated carbocycles. The second-order valence-electron chi connectivity index (χ2n) is 6.72. The van der Waals surface area contributed by atoms with Crippen LogP contribution < -0.4 is 14.8 Å². The van der Waals surface area contributed by atoms with Crippen LogP contribution in [-0.2, 0) is 14.6 Å². The Bertz CT molecular complexity index is 1120. The Morgan fingerprint density at radius 3 is 2.50 bits per heavy atom. The molecule has 28 heavy (non-hydrogen) atoms. The average Bonchev–Trinajstić information content (AvgIpc) is 2.67. The van der Waals surface area contributed by atoms with Crippen molar-refractivity contribution in [3.8, 4) is 11.5 Å². The molecule has 0 saturated heterocycles. The first-order valence-electron chi connectivity index (χ1n) is 8.65. The number of halogens is 1. The first kappa shape index (κ1) is 18.5. The van der Waals surface area contributed by atoms with Crippen molar-refractivity contribution in [2.24, 2.45) is 0 Å². The second kappa shape index (κ2) is 6.63. The molecule has 0 bridgehead atoms. The maximum atomic E-state index is 13.6. The van der Waals surface area contributed by atoms with E-state index in [1.807, 2.05) is 6.07 Å². The van der Waals surface area contributed by atoms with Crippen molar-refractivity contribution in [1.82, 2.24) is 0 Å². The fourth-order valence-electron chi connectivity index (χ4n) is 3.75. The summed E-state index contributed by atoms with van der Waals surface area (Å²) in [6.07, 6.45) is 0.381. The Hall–Kier alpha value is -2.87. The van der Waals surface area contributed by atoms with Crippen LogP contribution in [-0.4, -0.2) is 28.4 Å². The fraction of sp³-hybridized carbons (Fsp3) is 0.250. The number of allylic oxidation sites excluding steroid dienone is 2. The summed E-state index contributed by atoms with van der Waals surface area (Å²) < 4.78 is 49.9. The molecule has 2 aromatic rings. The van der Waals surface area contributed by atoms with Crippen LogP contribution in [0, 0.1) is 5.82 Å². The number of methoxy groups -OCH3 is 2. The van der Waals surface area contributed by atoms with Crippen LogP contribution in [0.4, 0.5) is 10.1 Å². The average molecular weight is 403 g/mol. The summed E-state index contributed by atoms with van der Waals surface area (Å²) >= 11 is 0. The van der Waals surface area contributed by atoms with Crippen molar-refractivity contribution in [1.29, 1.82) is 0 Å². The van der Waals surface area contributed by atoms with Gasteiger partial charge in [0.2, 0.25) is 9.84 Å². The van der Waals surface area contributed by atoms with E-state index < -0.39 is 21.4 Å². The van der Waals surface area contributed by atoms with Crippen molar-refractivity contribution < 1.29 is 27.1 Å². The Morgan fingerprint density at radius 2 is 1.79 bits per heavy atom. The minimum absolute atomic E-state index is 0.0415. The van der Waals surface area contributed by atoms with Crippen LogP contribution in [0.5, 0.6) is 11.5 Å². The standard InChI is InChI=1S/C20H18FNO5S/c1-26-17-6-3-11(9-18(17)27-2)12-7-15-20(16(23)8-12)28(24,25)19-10-13(21)4-5-14(19)22-15/h3-6,9-10,12,22H,7-8H2,1-2H3. The largest absolute Gasteiger partial charge is 0.493 e. The molecule has 8 heteroatoms. The van der Waals surface area contributed by atoms with Crippen LogP contribution in [0.25, 0.3) is 0 Å². The number of ketones is 1. The number of hydrogen-bond acceptors (Lipinski definition) is 6. The molecule has 1 heterocycles. The van der Waals surface area contributed by atoms with Gasteiger partial charge in [-0.25, -0.2) is 12.8 Å². The van der Waals surface area contributed by atoms with Crippen LogP contribution >= 0.6 is 0 Å². The number of Topliss-reactive ketones (excluding diaryl/α,β-unsaturated/α-hetero) is 1. The van der Waals surface area contributed by atoms with E-state index in [2.05, 4.69) is 5.32 Å². The SMILES string of the molecule is COc1ccc(C2CC(=O)C3=C(C2)Nc2ccc(F)cc2S3(=O)=O)cc1OC. The van der Waals surface area contributed by atoms with E-state index >= 15 is 0 Å². The minimum Gasteiger partial charge on any atom is -0.493 e. The highest BCUT2D eigenvalue weighted by Crippen LogP contribution is 2.44. The molecule has 0 fully saturated rings. The molecule has 0 aromatic heterocycles. The van der Waals surface area contributed by atoms with Crippen LogP contribution in [0.1, 0.15) is 24.3 Å². The first-order valence-corrected chi connectivity index (χ1v) is 10.1. The number of anilines is 1. The Morgan fingerprint density at radius 1 is 1.04 bits per heavy atom. The van der Waals surface area contributed by atoms with E-state index in [0.29, 0.717) is 23.6 Å². The molecule has 6 nitrogen and oxygen atoms in total. The Kier molecular flexibility index (Phi) is 4.38. The highest BCUT2D eigenvalue weighted by atomic mass is 32.2. The number of hydrogen-bond donors (Lipinski definition) is 1. The number of carbonyl (C=O) groups excluding carboxylic acids is 1. The lowest BCUT2D eigenvalue weighted by molar-refractivity contribution is -0.115. The van der Waals surface area contributed by atoms with Gasteiger partial charge >= 0.3 is 0 Å². The second-order valence-corrected chi connectivity index (χ2v) is 8.57. The molecule has 1 unspecified atom stereocenters. The molecule has 1 N–H and O–H groups in total. The van der Waals surface area contributed by atoms with Gasteiger partial charge in [-0.15, -0.1) is 0 Å². The molecular weight excluding hydrogens is 385 g/mol. The van der Waals surface area contributed by atoms with Gasteiger partial charge in [-0.3, -0.25) is 4.79 Å². The van der Waals surface area contributed by atoms with Gasteiger partial charge in [0.15, 0.2) is 17.3 Å². The molecule has 2 aromatic carbocycles. The predicted molar refractivity (Wildman–Crippen MR) is 101 cm³/mol. The molecule has 1 aliphatic heterocycles. The summed E-state index contributed by atoms with van der Waals surface area (Å²) in [7, 11) is -0.996. The van der Waals surface area contributed by atoms with Crippen molar-refractivity contribution in [3.63, 3.8) is 0 Å². The highest BCUT2D eigenvalue weighted by molar-refractivity contribution is 7.96. The summed E-state index contributed by atoms with van der Waals surface area (Å²) in [5.41, 5.74) is 1.47. The number of ether oxygens (including phenoxy) is 2. The Labute approximate surface area is 161 Å². The molecule has 2 aliphatic rings. The van der Waals surface area contributed by atoms with Crippen molar-refractivity contribution in [2.75, 3.05) is 19.5 Å². The van der Waals surface area contributed by atoms with E-state index in [9.17, 15) is 17.6 Å².